The van der Waals surface area contributed by atoms with Gasteiger partial charge in [0.1, 0.15) is 5.75 Å². The monoisotopic (exact) mass is 306 g/mol. The number of ether oxygens (including phenoxy) is 2. The SMILES string of the molecule is CC(Oc1ccc(C2(C)SC2C)cc1)OC1CCCCC1. The summed E-state index contributed by atoms with van der Waals surface area (Å²) in [4.78, 5) is 0. The molecule has 3 rings (SSSR count). The van der Waals surface area contributed by atoms with E-state index in [0.29, 0.717) is 10.9 Å². The average Bonchev–Trinajstić information content (AvgIpc) is 3.09. The molecule has 2 aliphatic rings. The molecule has 1 aromatic rings. The van der Waals surface area contributed by atoms with Crippen molar-refractivity contribution in [1.82, 2.24) is 0 Å². The van der Waals surface area contributed by atoms with Crippen molar-refractivity contribution < 1.29 is 9.47 Å². The van der Waals surface area contributed by atoms with Crippen LogP contribution in [0.1, 0.15) is 58.4 Å². The van der Waals surface area contributed by atoms with Gasteiger partial charge in [0.05, 0.1) is 6.10 Å². The van der Waals surface area contributed by atoms with Gasteiger partial charge in [0.15, 0.2) is 6.29 Å². The van der Waals surface area contributed by atoms with Crippen LogP contribution in [0.25, 0.3) is 0 Å². The molecule has 2 fully saturated rings. The van der Waals surface area contributed by atoms with E-state index in [2.05, 4.69) is 38.1 Å². The van der Waals surface area contributed by atoms with E-state index in [1.165, 1.54) is 37.7 Å². The van der Waals surface area contributed by atoms with E-state index in [4.69, 9.17) is 9.47 Å². The summed E-state index contributed by atoms with van der Waals surface area (Å²) in [5, 5.41) is 0.720. The highest BCUT2D eigenvalue weighted by atomic mass is 32.2. The van der Waals surface area contributed by atoms with E-state index in [-0.39, 0.29) is 6.29 Å². The molecule has 116 valence electrons. The van der Waals surface area contributed by atoms with E-state index in [1.54, 1.807) is 0 Å². The summed E-state index contributed by atoms with van der Waals surface area (Å²) in [6, 6.07) is 8.54. The summed E-state index contributed by atoms with van der Waals surface area (Å²) in [6.45, 7) is 6.60. The van der Waals surface area contributed by atoms with Gasteiger partial charge in [-0.05, 0) is 44.4 Å². The first kappa shape index (κ1) is 15.2. The largest absolute Gasteiger partial charge is 0.465 e. The molecule has 0 spiro atoms. The highest BCUT2D eigenvalue weighted by molar-refractivity contribution is 8.08. The maximum absolute atomic E-state index is 6.00. The fraction of sp³-hybridized carbons (Fsp3) is 0.667. The Labute approximate surface area is 132 Å². The Morgan fingerprint density at radius 2 is 1.76 bits per heavy atom. The minimum absolute atomic E-state index is 0.163. The van der Waals surface area contributed by atoms with Crippen molar-refractivity contribution in [2.75, 3.05) is 0 Å². The van der Waals surface area contributed by atoms with E-state index >= 15 is 0 Å². The molecule has 1 aliphatic carbocycles. The third-order valence-corrected chi connectivity index (χ3v) is 6.46. The summed E-state index contributed by atoms with van der Waals surface area (Å²) < 4.78 is 12.2. The Morgan fingerprint density at radius 1 is 1.14 bits per heavy atom. The zero-order valence-corrected chi connectivity index (χ0v) is 14.1. The Bertz CT molecular complexity index is 467. The maximum Gasteiger partial charge on any atom is 0.197 e. The second-order valence-electron chi connectivity index (χ2n) is 6.47. The molecule has 21 heavy (non-hydrogen) atoms. The van der Waals surface area contributed by atoms with E-state index < -0.39 is 0 Å². The van der Waals surface area contributed by atoms with Crippen LogP contribution in [0.5, 0.6) is 5.75 Å². The van der Waals surface area contributed by atoms with E-state index in [1.807, 2.05) is 18.7 Å². The normalized spacial score (nSPS) is 30.9. The zero-order valence-electron chi connectivity index (χ0n) is 13.3. The number of benzene rings is 1. The summed E-state index contributed by atoms with van der Waals surface area (Å²) in [5.74, 6) is 0.906. The van der Waals surface area contributed by atoms with Crippen LogP contribution in [0.15, 0.2) is 24.3 Å². The molecular formula is C18H26O2S. The van der Waals surface area contributed by atoms with Crippen molar-refractivity contribution in [2.45, 2.75) is 75.3 Å². The highest BCUT2D eigenvalue weighted by Gasteiger charge is 2.49. The van der Waals surface area contributed by atoms with Crippen LogP contribution in [0.3, 0.4) is 0 Å². The van der Waals surface area contributed by atoms with Crippen molar-refractivity contribution in [2.24, 2.45) is 0 Å². The van der Waals surface area contributed by atoms with Crippen molar-refractivity contribution in [3.63, 3.8) is 0 Å². The summed E-state index contributed by atoms with van der Waals surface area (Å²) in [5.41, 5.74) is 1.40. The first-order valence-electron chi connectivity index (χ1n) is 8.18. The molecule has 0 aromatic heterocycles. The Kier molecular flexibility index (Phi) is 4.51. The van der Waals surface area contributed by atoms with Crippen molar-refractivity contribution >= 4 is 11.8 Å². The fourth-order valence-electron chi connectivity index (χ4n) is 3.19. The smallest absolute Gasteiger partial charge is 0.197 e. The predicted octanol–water partition coefficient (Wildman–Crippen LogP) is 5.11. The Hall–Kier alpha value is -0.670. The van der Waals surface area contributed by atoms with Gasteiger partial charge in [-0.25, -0.2) is 0 Å². The molecule has 0 bridgehead atoms. The molecule has 1 heterocycles. The van der Waals surface area contributed by atoms with Crippen LogP contribution in [0.4, 0.5) is 0 Å². The standard InChI is InChI=1S/C18H26O2S/c1-13-18(3,21-13)15-9-11-17(12-10-15)20-14(2)19-16-7-5-4-6-8-16/h9-14,16H,4-8H2,1-3H3. The van der Waals surface area contributed by atoms with Crippen LogP contribution in [0.2, 0.25) is 0 Å². The fourth-order valence-corrected chi connectivity index (χ4v) is 4.27. The second-order valence-corrected chi connectivity index (χ2v) is 8.26. The lowest BCUT2D eigenvalue weighted by atomic mass is 9.98. The van der Waals surface area contributed by atoms with Gasteiger partial charge in [-0.15, -0.1) is 11.8 Å². The molecule has 1 aliphatic heterocycles. The Balaban J connectivity index is 1.52. The number of hydrogen-bond acceptors (Lipinski definition) is 3. The molecule has 1 saturated carbocycles. The lowest BCUT2D eigenvalue weighted by molar-refractivity contribution is -0.116. The first-order valence-corrected chi connectivity index (χ1v) is 9.06. The van der Waals surface area contributed by atoms with Crippen molar-refractivity contribution in [3.05, 3.63) is 29.8 Å². The molecule has 0 radical (unpaired) electrons. The average molecular weight is 306 g/mol. The van der Waals surface area contributed by atoms with Gasteiger partial charge in [0, 0.05) is 10.00 Å². The molecule has 0 N–H and O–H groups in total. The summed E-state index contributed by atoms with van der Waals surface area (Å²) in [6.07, 6.45) is 6.52. The molecule has 0 amide bonds. The molecule has 1 aromatic carbocycles. The molecule has 3 unspecified atom stereocenters. The van der Waals surface area contributed by atoms with E-state index in [9.17, 15) is 0 Å². The first-order chi connectivity index (χ1) is 10.1. The third-order valence-electron chi connectivity index (χ3n) is 4.81. The summed E-state index contributed by atoms with van der Waals surface area (Å²) >= 11 is 2.02. The van der Waals surface area contributed by atoms with Crippen LogP contribution in [-0.4, -0.2) is 17.6 Å². The summed E-state index contributed by atoms with van der Waals surface area (Å²) in [7, 11) is 0. The van der Waals surface area contributed by atoms with Gasteiger partial charge in [-0.3, -0.25) is 0 Å². The molecule has 2 nitrogen and oxygen atoms in total. The number of rotatable bonds is 5. The van der Waals surface area contributed by atoms with Gasteiger partial charge in [0.25, 0.3) is 0 Å². The second kappa shape index (κ2) is 6.21. The number of thioether (sulfide) groups is 1. The Morgan fingerprint density at radius 3 is 2.33 bits per heavy atom. The van der Waals surface area contributed by atoms with Gasteiger partial charge in [0.2, 0.25) is 0 Å². The molecule has 1 saturated heterocycles. The van der Waals surface area contributed by atoms with Gasteiger partial charge in [-0.2, -0.15) is 0 Å². The minimum Gasteiger partial charge on any atom is -0.465 e. The van der Waals surface area contributed by atoms with E-state index in [0.717, 1.165) is 11.0 Å². The zero-order chi connectivity index (χ0) is 14.9. The molecule has 3 atom stereocenters. The topological polar surface area (TPSA) is 18.5 Å². The maximum atomic E-state index is 6.00. The predicted molar refractivity (Wildman–Crippen MR) is 88.9 cm³/mol. The number of hydrogen-bond donors (Lipinski definition) is 0. The van der Waals surface area contributed by atoms with Crippen molar-refractivity contribution in [3.8, 4) is 5.75 Å². The highest BCUT2D eigenvalue weighted by Crippen LogP contribution is 2.60. The van der Waals surface area contributed by atoms with Gasteiger partial charge in [-0.1, -0.05) is 38.3 Å². The molecular weight excluding hydrogens is 280 g/mol. The third kappa shape index (κ3) is 3.57. The van der Waals surface area contributed by atoms with Crippen molar-refractivity contribution in [1.29, 1.82) is 0 Å². The lowest BCUT2D eigenvalue weighted by Gasteiger charge is -2.26. The van der Waals surface area contributed by atoms with Crippen LogP contribution >= 0.6 is 11.8 Å². The van der Waals surface area contributed by atoms with Crippen LogP contribution < -0.4 is 4.74 Å². The quantitative estimate of drug-likeness (QED) is 0.556. The minimum atomic E-state index is -0.163. The van der Waals surface area contributed by atoms with Crippen LogP contribution in [-0.2, 0) is 9.48 Å². The van der Waals surface area contributed by atoms with Gasteiger partial charge < -0.3 is 9.47 Å². The lowest BCUT2D eigenvalue weighted by Crippen LogP contribution is -2.26. The van der Waals surface area contributed by atoms with Crippen LogP contribution in [0, 0.1) is 0 Å². The molecule has 3 heteroatoms. The van der Waals surface area contributed by atoms with Gasteiger partial charge >= 0.3 is 0 Å².